The van der Waals surface area contributed by atoms with Crippen LogP contribution < -0.4 is 4.74 Å². The molecule has 0 fully saturated rings. The zero-order valence-electron chi connectivity index (χ0n) is 15.9. The normalized spacial score (nSPS) is 12.2. The topological polar surface area (TPSA) is 99.0 Å². The predicted molar refractivity (Wildman–Crippen MR) is 96.0 cm³/mol. The van der Waals surface area contributed by atoms with E-state index in [0.29, 0.717) is 6.42 Å². The van der Waals surface area contributed by atoms with Crippen LogP contribution in [0.15, 0.2) is 24.3 Å². The molecule has 8 heteroatoms. The van der Waals surface area contributed by atoms with Crippen molar-refractivity contribution >= 4 is 17.7 Å². The molecule has 0 spiro atoms. The van der Waals surface area contributed by atoms with Gasteiger partial charge in [0.15, 0.2) is 0 Å². The Morgan fingerprint density at radius 2 is 1.81 bits per heavy atom. The van der Waals surface area contributed by atoms with Crippen molar-refractivity contribution in [2.75, 3.05) is 7.05 Å². The van der Waals surface area contributed by atoms with Crippen LogP contribution in [0.1, 0.15) is 47.0 Å². The van der Waals surface area contributed by atoms with Crippen LogP contribution in [-0.4, -0.2) is 40.6 Å². The second kappa shape index (κ2) is 9.17. The van der Waals surface area contributed by atoms with Crippen LogP contribution in [0.2, 0.25) is 0 Å². The van der Waals surface area contributed by atoms with Gasteiger partial charge in [0.1, 0.15) is 17.4 Å². The Balaban J connectivity index is 2.87. The molecule has 0 saturated carbocycles. The van der Waals surface area contributed by atoms with E-state index in [1.165, 1.54) is 36.2 Å². The van der Waals surface area contributed by atoms with Crippen LogP contribution in [-0.2, 0) is 9.53 Å². The summed E-state index contributed by atoms with van der Waals surface area (Å²) in [6, 6.07) is 4.39. The van der Waals surface area contributed by atoms with Gasteiger partial charge < -0.3 is 9.47 Å². The number of esters is 1. The van der Waals surface area contributed by atoms with E-state index < -0.39 is 28.6 Å². The number of likely N-dealkylation sites (N-methyl/N-ethyl adjacent to an activating group) is 1. The number of nitrogens with zero attached hydrogens (tertiary/aromatic N) is 2. The molecule has 0 radical (unpaired) electrons. The lowest BCUT2D eigenvalue weighted by Crippen LogP contribution is -2.46. The highest BCUT2D eigenvalue weighted by Crippen LogP contribution is 2.20. The molecule has 1 aromatic carbocycles. The number of nitro benzene ring substituents is 1. The van der Waals surface area contributed by atoms with Crippen molar-refractivity contribution < 1.29 is 24.0 Å². The number of non-ortho nitro benzene ring substituents is 1. The van der Waals surface area contributed by atoms with E-state index in [-0.39, 0.29) is 11.4 Å². The van der Waals surface area contributed by atoms with E-state index in [9.17, 15) is 19.7 Å². The highest BCUT2D eigenvalue weighted by atomic mass is 16.6. The van der Waals surface area contributed by atoms with Crippen molar-refractivity contribution in [1.82, 2.24) is 4.90 Å². The molecular formula is C18H26N2O6. The summed E-state index contributed by atoms with van der Waals surface area (Å²) in [5.74, 6) is -0.430. The summed E-state index contributed by atoms with van der Waals surface area (Å²) in [5.41, 5.74) is -0.777. The number of benzene rings is 1. The summed E-state index contributed by atoms with van der Waals surface area (Å²) in [6.07, 6.45) is 1.40. The SMILES string of the molecule is CCCCC(C(=O)Oc1ccc([N+](=O)[O-])cc1)N(C)C(=O)OC(C)(C)C. The molecule has 1 unspecified atom stereocenters. The molecule has 0 bridgehead atoms. The monoisotopic (exact) mass is 366 g/mol. The first-order chi connectivity index (χ1) is 12.0. The van der Waals surface area contributed by atoms with E-state index in [0.717, 1.165) is 12.8 Å². The molecule has 1 rings (SSSR count). The Morgan fingerprint density at radius 3 is 2.27 bits per heavy atom. The molecule has 0 N–H and O–H groups in total. The number of nitro groups is 1. The lowest BCUT2D eigenvalue weighted by molar-refractivity contribution is -0.384. The average molecular weight is 366 g/mol. The van der Waals surface area contributed by atoms with Gasteiger partial charge in [-0.15, -0.1) is 0 Å². The third kappa shape index (κ3) is 6.70. The largest absolute Gasteiger partial charge is 0.444 e. The third-order valence-corrected chi connectivity index (χ3v) is 3.52. The van der Waals surface area contributed by atoms with Crippen LogP contribution in [0.5, 0.6) is 5.75 Å². The minimum atomic E-state index is -0.806. The first-order valence-corrected chi connectivity index (χ1v) is 8.47. The standard InChI is InChI=1S/C18H26N2O6/c1-6-7-8-15(19(5)17(22)26-18(2,3)4)16(21)25-14-11-9-13(10-12-14)20(23)24/h9-12,15H,6-8H2,1-5H3. The van der Waals surface area contributed by atoms with Gasteiger partial charge in [-0.1, -0.05) is 19.8 Å². The van der Waals surface area contributed by atoms with E-state index in [1.807, 2.05) is 6.92 Å². The molecule has 0 aliphatic rings. The van der Waals surface area contributed by atoms with Crippen molar-refractivity contribution in [3.8, 4) is 5.75 Å². The number of rotatable bonds is 7. The summed E-state index contributed by atoms with van der Waals surface area (Å²) < 4.78 is 10.6. The number of carbonyl (C=O) groups excluding carboxylic acids is 2. The molecule has 26 heavy (non-hydrogen) atoms. The second-order valence-corrected chi connectivity index (χ2v) is 6.92. The Labute approximate surface area is 153 Å². The summed E-state index contributed by atoms with van der Waals surface area (Å²) in [4.78, 5) is 36.2. The molecule has 144 valence electrons. The van der Waals surface area contributed by atoms with Crippen LogP contribution in [0.3, 0.4) is 0 Å². The van der Waals surface area contributed by atoms with Gasteiger partial charge in [-0.2, -0.15) is 0 Å². The second-order valence-electron chi connectivity index (χ2n) is 6.92. The molecule has 0 heterocycles. The predicted octanol–water partition coefficient (Wildman–Crippen LogP) is 3.93. The summed E-state index contributed by atoms with van der Waals surface area (Å²) in [5, 5.41) is 10.7. The fourth-order valence-corrected chi connectivity index (χ4v) is 2.15. The van der Waals surface area contributed by atoms with Gasteiger partial charge in [-0.05, 0) is 39.3 Å². The quantitative estimate of drug-likeness (QED) is 0.314. The number of hydrogen-bond donors (Lipinski definition) is 0. The van der Waals surface area contributed by atoms with Gasteiger partial charge in [-0.25, -0.2) is 9.59 Å². The van der Waals surface area contributed by atoms with Crippen LogP contribution in [0.25, 0.3) is 0 Å². The molecular weight excluding hydrogens is 340 g/mol. The Bertz CT molecular complexity index is 636. The lowest BCUT2D eigenvalue weighted by atomic mass is 10.1. The zero-order chi connectivity index (χ0) is 19.9. The molecule has 1 aromatic rings. The number of hydrogen-bond acceptors (Lipinski definition) is 6. The zero-order valence-corrected chi connectivity index (χ0v) is 15.9. The number of amides is 1. The van der Waals surface area contributed by atoms with Gasteiger partial charge in [0.25, 0.3) is 5.69 Å². The summed E-state index contributed by atoms with van der Waals surface area (Å²) in [6.45, 7) is 7.21. The van der Waals surface area contributed by atoms with E-state index in [2.05, 4.69) is 0 Å². The van der Waals surface area contributed by atoms with Crippen LogP contribution in [0.4, 0.5) is 10.5 Å². The minimum absolute atomic E-state index is 0.0989. The fourth-order valence-electron chi connectivity index (χ4n) is 2.15. The van der Waals surface area contributed by atoms with Gasteiger partial charge in [-0.3, -0.25) is 15.0 Å². The first-order valence-electron chi connectivity index (χ1n) is 8.47. The Morgan fingerprint density at radius 1 is 1.23 bits per heavy atom. The van der Waals surface area contributed by atoms with Gasteiger partial charge in [0.2, 0.25) is 0 Å². The molecule has 8 nitrogen and oxygen atoms in total. The maximum Gasteiger partial charge on any atom is 0.410 e. The minimum Gasteiger partial charge on any atom is -0.444 e. The molecule has 1 atom stereocenters. The van der Waals surface area contributed by atoms with Crippen LogP contribution >= 0.6 is 0 Å². The third-order valence-electron chi connectivity index (χ3n) is 3.52. The summed E-state index contributed by atoms with van der Waals surface area (Å²) >= 11 is 0. The van der Waals surface area contributed by atoms with Crippen molar-refractivity contribution in [3.05, 3.63) is 34.4 Å². The highest BCUT2D eigenvalue weighted by molar-refractivity contribution is 5.83. The maximum absolute atomic E-state index is 12.5. The van der Waals surface area contributed by atoms with Crippen molar-refractivity contribution in [2.45, 2.75) is 58.6 Å². The van der Waals surface area contributed by atoms with Crippen molar-refractivity contribution in [2.24, 2.45) is 0 Å². The molecule has 0 aliphatic heterocycles. The lowest BCUT2D eigenvalue weighted by Gasteiger charge is -2.29. The van der Waals surface area contributed by atoms with Crippen LogP contribution in [0, 0.1) is 10.1 Å². The Hall–Kier alpha value is -2.64. The van der Waals surface area contributed by atoms with E-state index in [1.54, 1.807) is 20.8 Å². The van der Waals surface area contributed by atoms with Gasteiger partial charge in [0.05, 0.1) is 4.92 Å². The van der Waals surface area contributed by atoms with Crippen molar-refractivity contribution in [3.63, 3.8) is 0 Å². The average Bonchev–Trinajstić information content (AvgIpc) is 2.53. The molecule has 0 saturated heterocycles. The smallest absolute Gasteiger partial charge is 0.410 e. The van der Waals surface area contributed by atoms with Crippen molar-refractivity contribution in [1.29, 1.82) is 0 Å². The fraction of sp³-hybridized carbons (Fsp3) is 0.556. The number of ether oxygens (including phenoxy) is 2. The Kier molecular flexibility index (Phi) is 7.55. The molecule has 0 aliphatic carbocycles. The number of unbranched alkanes of at least 4 members (excludes halogenated alkanes) is 1. The first kappa shape index (κ1) is 21.4. The highest BCUT2D eigenvalue weighted by Gasteiger charge is 2.31. The number of carbonyl (C=O) groups is 2. The van der Waals surface area contributed by atoms with E-state index in [4.69, 9.17) is 9.47 Å². The molecule has 1 amide bonds. The van der Waals surface area contributed by atoms with Gasteiger partial charge in [0, 0.05) is 19.2 Å². The summed E-state index contributed by atoms with van der Waals surface area (Å²) in [7, 11) is 1.49. The van der Waals surface area contributed by atoms with E-state index >= 15 is 0 Å². The van der Waals surface area contributed by atoms with Gasteiger partial charge >= 0.3 is 12.1 Å². The maximum atomic E-state index is 12.5. The molecule has 0 aromatic heterocycles.